The highest BCUT2D eigenvalue weighted by Crippen LogP contribution is 2.26. The molecule has 0 aromatic carbocycles. The Kier molecular flexibility index (Phi) is 6.16. The second-order valence-electron chi connectivity index (χ2n) is 4.67. The molecule has 1 fully saturated rings. The highest BCUT2D eigenvalue weighted by Gasteiger charge is 2.20. The topological polar surface area (TPSA) is 41.1 Å². The normalized spacial score (nSPS) is 19.1. The molecule has 1 rings (SSSR count). The van der Waals surface area contributed by atoms with Crippen molar-refractivity contribution in [1.29, 1.82) is 0 Å². The molecular formula is C13H24N2O. The van der Waals surface area contributed by atoms with Crippen molar-refractivity contribution >= 4 is 5.91 Å². The van der Waals surface area contributed by atoms with E-state index in [2.05, 4.69) is 24.1 Å². The largest absolute Gasteiger partial charge is 0.352 e. The Morgan fingerprint density at radius 3 is 2.75 bits per heavy atom. The minimum absolute atomic E-state index is 0.0972. The molecule has 0 aromatic rings. The lowest BCUT2D eigenvalue weighted by molar-refractivity contribution is -0.121. The first-order valence-corrected chi connectivity index (χ1v) is 6.35. The van der Waals surface area contributed by atoms with Crippen LogP contribution in [0.3, 0.4) is 0 Å². The number of hydrogen-bond acceptors (Lipinski definition) is 2. The van der Waals surface area contributed by atoms with Gasteiger partial charge < -0.3 is 10.6 Å². The van der Waals surface area contributed by atoms with Gasteiger partial charge >= 0.3 is 0 Å². The molecule has 3 nitrogen and oxygen atoms in total. The second kappa shape index (κ2) is 7.44. The Balaban J connectivity index is 2.18. The Labute approximate surface area is 98.7 Å². The summed E-state index contributed by atoms with van der Waals surface area (Å²) in [6, 6.07) is 0.318. The van der Waals surface area contributed by atoms with Crippen molar-refractivity contribution in [2.75, 3.05) is 13.1 Å². The van der Waals surface area contributed by atoms with Crippen molar-refractivity contribution < 1.29 is 4.79 Å². The van der Waals surface area contributed by atoms with Gasteiger partial charge in [0.1, 0.15) is 0 Å². The van der Waals surface area contributed by atoms with Crippen molar-refractivity contribution in [2.24, 2.45) is 5.92 Å². The van der Waals surface area contributed by atoms with E-state index in [0.29, 0.717) is 25.0 Å². The lowest BCUT2D eigenvalue weighted by atomic mass is 9.84. The molecule has 16 heavy (non-hydrogen) atoms. The van der Waals surface area contributed by atoms with E-state index in [0.717, 1.165) is 0 Å². The van der Waals surface area contributed by atoms with Gasteiger partial charge in [0.05, 0.1) is 6.54 Å². The average molecular weight is 224 g/mol. The molecule has 1 amide bonds. The van der Waals surface area contributed by atoms with Gasteiger partial charge in [-0.1, -0.05) is 25.3 Å². The van der Waals surface area contributed by atoms with Crippen molar-refractivity contribution in [3.63, 3.8) is 0 Å². The lowest BCUT2D eigenvalue weighted by Gasteiger charge is -2.28. The highest BCUT2D eigenvalue weighted by atomic mass is 16.1. The molecule has 0 bridgehead atoms. The summed E-state index contributed by atoms with van der Waals surface area (Å²) in [7, 11) is 0. The molecule has 1 aliphatic carbocycles. The summed E-state index contributed by atoms with van der Waals surface area (Å²) in [6.45, 7) is 6.80. The smallest absolute Gasteiger partial charge is 0.234 e. The van der Waals surface area contributed by atoms with E-state index >= 15 is 0 Å². The van der Waals surface area contributed by atoms with E-state index in [1.165, 1.54) is 32.1 Å². The van der Waals surface area contributed by atoms with Gasteiger partial charge in [-0.15, -0.1) is 6.58 Å². The van der Waals surface area contributed by atoms with Gasteiger partial charge in [-0.3, -0.25) is 4.79 Å². The van der Waals surface area contributed by atoms with Gasteiger partial charge in [-0.25, -0.2) is 0 Å². The predicted octanol–water partition coefficient (Wildman–Crippen LogP) is 1.85. The van der Waals surface area contributed by atoms with Gasteiger partial charge in [-0.05, 0) is 25.7 Å². The van der Waals surface area contributed by atoms with Crippen LogP contribution in [0, 0.1) is 5.92 Å². The first kappa shape index (κ1) is 13.2. The van der Waals surface area contributed by atoms with Crippen molar-refractivity contribution in [3.8, 4) is 0 Å². The quantitative estimate of drug-likeness (QED) is 0.534. The number of carbonyl (C=O) groups is 1. The molecule has 0 unspecified atom stereocenters. The van der Waals surface area contributed by atoms with Crippen LogP contribution < -0.4 is 10.6 Å². The minimum atomic E-state index is 0.0972. The molecular weight excluding hydrogens is 200 g/mol. The van der Waals surface area contributed by atoms with Crippen molar-refractivity contribution in [2.45, 2.75) is 45.1 Å². The zero-order chi connectivity index (χ0) is 11.8. The maximum absolute atomic E-state index is 11.6. The molecule has 0 spiro atoms. The minimum Gasteiger partial charge on any atom is -0.352 e. The predicted molar refractivity (Wildman–Crippen MR) is 67.2 cm³/mol. The summed E-state index contributed by atoms with van der Waals surface area (Å²) < 4.78 is 0. The van der Waals surface area contributed by atoms with Crippen LogP contribution in [0.5, 0.6) is 0 Å². The monoisotopic (exact) mass is 224 g/mol. The van der Waals surface area contributed by atoms with Crippen LogP contribution in [0.4, 0.5) is 0 Å². The van der Waals surface area contributed by atoms with Crippen LogP contribution in [0.1, 0.15) is 39.0 Å². The average Bonchev–Trinajstić information content (AvgIpc) is 2.30. The van der Waals surface area contributed by atoms with Gasteiger partial charge in [0.25, 0.3) is 0 Å². The number of carbonyl (C=O) groups excluding carboxylic acids is 1. The van der Waals surface area contributed by atoms with Crippen molar-refractivity contribution in [1.82, 2.24) is 10.6 Å². The van der Waals surface area contributed by atoms with E-state index in [1.54, 1.807) is 6.08 Å². The first-order chi connectivity index (χ1) is 7.74. The maximum atomic E-state index is 11.6. The van der Waals surface area contributed by atoms with Gasteiger partial charge in [0.15, 0.2) is 0 Å². The first-order valence-electron chi connectivity index (χ1n) is 6.35. The molecule has 1 atom stereocenters. The third-order valence-electron chi connectivity index (χ3n) is 3.32. The Morgan fingerprint density at radius 2 is 2.12 bits per heavy atom. The zero-order valence-electron chi connectivity index (χ0n) is 10.3. The molecule has 1 aliphatic rings. The van der Waals surface area contributed by atoms with E-state index in [9.17, 15) is 4.79 Å². The summed E-state index contributed by atoms with van der Waals surface area (Å²) >= 11 is 0. The standard InChI is InChI=1S/C13H24N2O/c1-3-9-14-10-13(16)15-11(2)12-7-5-4-6-8-12/h3,11-12,14H,1,4-10H2,2H3,(H,15,16)/t11-/m0/s1. The molecule has 0 aromatic heterocycles. The van der Waals surface area contributed by atoms with Gasteiger partial charge in [0, 0.05) is 12.6 Å². The van der Waals surface area contributed by atoms with Crippen molar-refractivity contribution in [3.05, 3.63) is 12.7 Å². The van der Waals surface area contributed by atoms with E-state index < -0.39 is 0 Å². The Bertz CT molecular complexity index is 222. The summed E-state index contributed by atoms with van der Waals surface area (Å²) in [5, 5.41) is 6.09. The fourth-order valence-electron chi connectivity index (χ4n) is 2.34. The van der Waals surface area contributed by atoms with E-state index in [4.69, 9.17) is 0 Å². The Hall–Kier alpha value is -0.830. The lowest BCUT2D eigenvalue weighted by Crippen LogP contribution is -2.43. The van der Waals surface area contributed by atoms with Crippen LogP contribution >= 0.6 is 0 Å². The summed E-state index contributed by atoms with van der Waals surface area (Å²) in [4.78, 5) is 11.6. The molecule has 3 heteroatoms. The summed E-state index contributed by atoms with van der Waals surface area (Å²) in [5.41, 5.74) is 0. The van der Waals surface area contributed by atoms with E-state index in [1.807, 2.05) is 0 Å². The highest BCUT2D eigenvalue weighted by molar-refractivity contribution is 5.78. The SMILES string of the molecule is C=CCNCC(=O)N[C@@H](C)C1CCCCC1. The zero-order valence-corrected chi connectivity index (χ0v) is 10.3. The fourth-order valence-corrected chi connectivity index (χ4v) is 2.34. The second-order valence-corrected chi connectivity index (χ2v) is 4.67. The molecule has 0 saturated heterocycles. The van der Waals surface area contributed by atoms with Gasteiger partial charge in [-0.2, -0.15) is 0 Å². The van der Waals surface area contributed by atoms with Crippen LogP contribution in [0.25, 0.3) is 0 Å². The molecule has 2 N–H and O–H groups in total. The molecule has 92 valence electrons. The number of hydrogen-bond donors (Lipinski definition) is 2. The van der Waals surface area contributed by atoms with E-state index in [-0.39, 0.29) is 5.91 Å². The third-order valence-corrected chi connectivity index (χ3v) is 3.32. The Morgan fingerprint density at radius 1 is 1.44 bits per heavy atom. The van der Waals surface area contributed by atoms with Crippen LogP contribution in [-0.4, -0.2) is 25.0 Å². The van der Waals surface area contributed by atoms with Crippen LogP contribution in [-0.2, 0) is 4.79 Å². The summed E-state index contributed by atoms with van der Waals surface area (Å²) in [5.74, 6) is 0.775. The number of nitrogens with one attached hydrogen (secondary N) is 2. The fraction of sp³-hybridized carbons (Fsp3) is 0.769. The van der Waals surface area contributed by atoms with Crippen LogP contribution in [0.15, 0.2) is 12.7 Å². The molecule has 0 aliphatic heterocycles. The third kappa shape index (κ3) is 4.79. The molecule has 0 heterocycles. The maximum Gasteiger partial charge on any atom is 0.234 e. The molecule has 1 saturated carbocycles. The van der Waals surface area contributed by atoms with Gasteiger partial charge in [0.2, 0.25) is 5.91 Å². The van der Waals surface area contributed by atoms with Crippen LogP contribution in [0.2, 0.25) is 0 Å². The molecule has 0 radical (unpaired) electrons. The number of amides is 1. The summed E-state index contributed by atoms with van der Waals surface area (Å²) in [6.07, 6.45) is 8.29. The number of rotatable bonds is 6.